The summed E-state index contributed by atoms with van der Waals surface area (Å²) in [5.74, 6) is -1.35. The molecule has 0 aliphatic heterocycles. The molecule has 10 nitrogen and oxygen atoms in total. The first-order chi connectivity index (χ1) is 27.3. The Balaban J connectivity index is 2.90. The molecule has 0 atom stereocenters. The van der Waals surface area contributed by atoms with Crippen molar-refractivity contribution in [3.8, 4) is 0 Å². The lowest BCUT2D eigenvalue weighted by Crippen LogP contribution is -2.50. The zero-order valence-corrected chi connectivity index (χ0v) is 35.5. The van der Waals surface area contributed by atoms with Gasteiger partial charge in [0.05, 0.1) is 26.1 Å². The zero-order chi connectivity index (χ0) is 40.8. The highest BCUT2D eigenvalue weighted by Crippen LogP contribution is 2.27. The van der Waals surface area contributed by atoms with Crippen LogP contribution < -0.4 is 5.32 Å². The Morgan fingerprint density at radius 2 is 0.929 bits per heavy atom. The minimum absolute atomic E-state index is 0.0356. The summed E-state index contributed by atoms with van der Waals surface area (Å²) in [6, 6.07) is 0. The molecule has 0 unspecified atom stereocenters. The maximum Gasteiger partial charge on any atom is 0.305 e. The second-order valence-corrected chi connectivity index (χ2v) is 14.9. The highest BCUT2D eigenvalue weighted by molar-refractivity contribution is 5.77. The zero-order valence-electron chi connectivity index (χ0n) is 35.5. The third kappa shape index (κ3) is 29.6. The lowest BCUT2D eigenvalue weighted by atomic mass is 9.83. The molecule has 318 valence electrons. The third-order valence-electron chi connectivity index (χ3n) is 9.74. The van der Waals surface area contributed by atoms with Gasteiger partial charge in [0.1, 0.15) is 0 Å². The predicted molar refractivity (Wildman–Crippen MR) is 226 cm³/mol. The molecular formula is C46H77N3O7. The van der Waals surface area contributed by atoms with Crippen LogP contribution in [0.1, 0.15) is 181 Å². The Hall–Kier alpha value is -3.69. The topological polar surface area (TPSA) is 126 Å². The number of carbonyl (C=O) groups excluding carboxylic acids is 4. The number of esters is 3. The maximum absolute atomic E-state index is 13.4. The number of aryl methyl sites for hydroxylation is 1. The van der Waals surface area contributed by atoms with Gasteiger partial charge >= 0.3 is 17.9 Å². The molecular weight excluding hydrogens is 707 g/mol. The monoisotopic (exact) mass is 784 g/mol. The number of allylic oxidation sites excluding steroid dienone is 6. The number of imidazole rings is 1. The van der Waals surface area contributed by atoms with Gasteiger partial charge in [-0.05, 0) is 96.3 Å². The average Bonchev–Trinajstić information content (AvgIpc) is 3.73. The number of nitrogens with one attached hydrogen (secondary N) is 1. The molecule has 1 rings (SSSR count). The van der Waals surface area contributed by atoms with Crippen molar-refractivity contribution in [2.45, 2.75) is 193 Å². The minimum atomic E-state index is -1.02. The molecule has 1 heterocycles. The molecule has 0 aliphatic rings. The first kappa shape index (κ1) is 50.3. The van der Waals surface area contributed by atoms with E-state index in [4.69, 9.17) is 14.2 Å². The van der Waals surface area contributed by atoms with Crippen LogP contribution in [0.4, 0.5) is 0 Å². The van der Waals surface area contributed by atoms with Crippen molar-refractivity contribution < 1.29 is 33.4 Å². The van der Waals surface area contributed by atoms with Gasteiger partial charge in [-0.15, -0.1) is 0 Å². The summed E-state index contributed by atoms with van der Waals surface area (Å²) in [7, 11) is 0. The summed E-state index contributed by atoms with van der Waals surface area (Å²) >= 11 is 0. The first-order valence-corrected chi connectivity index (χ1v) is 22.0. The second kappa shape index (κ2) is 35.7. The van der Waals surface area contributed by atoms with E-state index in [-0.39, 0.29) is 68.8 Å². The molecule has 0 aromatic carbocycles. The summed E-state index contributed by atoms with van der Waals surface area (Å²) in [5.41, 5.74) is -1.02. The Morgan fingerprint density at radius 1 is 0.554 bits per heavy atom. The van der Waals surface area contributed by atoms with Crippen LogP contribution in [0.15, 0.2) is 55.2 Å². The van der Waals surface area contributed by atoms with Crippen LogP contribution in [-0.4, -0.2) is 58.7 Å². The lowest BCUT2D eigenvalue weighted by Gasteiger charge is -2.35. The number of carbonyl (C=O) groups is 4. The van der Waals surface area contributed by atoms with E-state index in [0.717, 1.165) is 57.8 Å². The fraction of sp³-hybridized carbons (Fsp3) is 0.717. The van der Waals surface area contributed by atoms with Gasteiger partial charge in [-0.1, -0.05) is 95.8 Å². The number of hydrogen-bond acceptors (Lipinski definition) is 8. The van der Waals surface area contributed by atoms with Crippen LogP contribution in [0.5, 0.6) is 0 Å². The Morgan fingerprint density at radius 3 is 1.27 bits per heavy atom. The lowest BCUT2D eigenvalue weighted by molar-refractivity contribution is -0.145. The highest BCUT2D eigenvalue weighted by atomic mass is 16.5. The molecule has 0 aliphatic carbocycles. The van der Waals surface area contributed by atoms with Crippen molar-refractivity contribution in [3.63, 3.8) is 0 Å². The Labute approximate surface area is 339 Å². The molecule has 0 radical (unpaired) electrons. The highest BCUT2D eigenvalue weighted by Gasteiger charge is 2.34. The van der Waals surface area contributed by atoms with Gasteiger partial charge in [0.15, 0.2) is 0 Å². The van der Waals surface area contributed by atoms with Crippen LogP contribution >= 0.6 is 0 Å². The van der Waals surface area contributed by atoms with Crippen molar-refractivity contribution >= 4 is 23.8 Å². The summed E-state index contributed by atoms with van der Waals surface area (Å²) in [6.45, 7) is 7.91. The fourth-order valence-corrected chi connectivity index (χ4v) is 6.22. The summed E-state index contributed by atoms with van der Waals surface area (Å²) in [4.78, 5) is 56.5. The summed E-state index contributed by atoms with van der Waals surface area (Å²) in [5, 5.41) is 3.15. The molecule has 1 N–H and O–H groups in total. The quantitative estimate of drug-likeness (QED) is 0.0306. The van der Waals surface area contributed by atoms with Gasteiger partial charge in [0.25, 0.3) is 0 Å². The van der Waals surface area contributed by atoms with E-state index in [2.05, 4.69) is 67.5 Å². The van der Waals surface area contributed by atoms with Crippen LogP contribution in [0.2, 0.25) is 0 Å². The normalized spacial score (nSPS) is 11.8. The second-order valence-electron chi connectivity index (χ2n) is 14.9. The van der Waals surface area contributed by atoms with Gasteiger partial charge in [0.2, 0.25) is 5.91 Å². The minimum Gasteiger partial charge on any atom is -0.466 e. The molecule has 1 aromatic rings. The number of rotatable bonds is 37. The van der Waals surface area contributed by atoms with E-state index < -0.39 is 5.54 Å². The predicted octanol–water partition coefficient (Wildman–Crippen LogP) is 10.8. The molecule has 0 fully saturated rings. The molecule has 0 saturated carbocycles. The van der Waals surface area contributed by atoms with Gasteiger partial charge in [-0.2, -0.15) is 0 Å². The van der Waals surface area contributed by atoms with Crippen molar-refractivity contribution in [2.75, 3.05) is 19.8 Å². The SMILES string of the molecule is CCCCC/C=C\CCCOC(=O)CCC(CCC(=O)OCCC/C=C\CCCCC)(CCC(=O)OCCC/C=C\CCCCC)NC(=O)CCn1ccnc1. The number of ether oxygens (including phenoxy) is 3. The maximum atomic E-state index is 13.4. The van der Waals surface area contributed by atoms with Crippen molar-refractivity contribution in [1.29, 1.82) is 0 Å². The van der Waals surface area contributed by atoms with E-state index in [1.165, 1.54) is 57.8 Å². The summed E-state index contributed by atoms with van der Waals surface area (Å²) in [6.07, 6.45) is 37.7. The largest absolute Gasteiger partial charge is 0.466 e. The number of hydrogen-bond donors (Lipinski definition) is 1. The van der Waals surface area contributed by atoms with Crippen molar-refractivity contribution in [1.82, 2.24) is 14.9 Å². The first-order valence-electron chi connectivity index (χ1n) is 22.0. The van der Waals surface area contributed by atoms with E-state index in [1.54, 1.807) is 18.7 Å². The van der Waals surface area contributed by atoms with E-state index in [9.17, 15) is 19.2 Å². The van der Waals surface area contributed by atoms with Crippen LogP contribution in [0.3, 0.4) is 0 Å². The van der Waals surface area contributed by atoms with Gasteiger partial charge in [0, 0.05) is 50.2 Å². The fourth-order valence-electron chi connectivity index (χ4n) is 6.22. The molecule has 0 spiro atoms. The smallest absolute Gasteiger partial charge is 0.305 e. The molecule has 1 amide bonds. The van der Waals surface area contributed by atoms with Crippen LogP contribution in [0, 0.1) is 0 Å². The van der Waals surface area contributed by atoms with E-state index in [1.807, 2.05) is 4.57 Å². The number of aromatic nitrogens is 2. The molecule has 56 heavy (non-hydrogen) atoms. The molecule has 0 bridgehead atoms. The van der Waals surface area contributed by atoms with Gasteiger partial charge in [-0.3, -0.25) is 19.2 Å². The van der Waals surface area contributed by atoms with Crippen LogP contribution in [-0.2, 0) is 39.9 Å². The standard InChI is InChI=1S/C46H77N3O7/c1-4-7-10-13-16-19-22-25-38-54-43(51)28-32-46(48-42(50)31-36-49-37-35-47-41-49,33-29-44(52)55-39-26-23-20-17-14-11-8-5-2)34-30-45(53)56-40-27-24-21-18-15-12-9-6-3/h16-21,35,37,41H,4-15,22-34,36,38-40H2,1-3H3,(H,48,50)/b19-16-,20-17-,21-18-. The Bertz CT molecular complexity index is 1120. The van der Waals surface area contributed by atoms with E-state index in [0.29, 0.717) is 26.4 Å². The van der Waals surface area contributed by atoms with Crippen molar-refractivity contribution in [2.24, 2.45) is 0 Å². The summed E-state index contributed by atoms with van der Waals surface area (Å²) < 4.78 is 18.5. The number of unbranched alkanes of at least 4 members (excludes halogenated alkanes) is 12. The van der Waals surface area contributed by atoms with Gasteiger partial charge in [-0.25, -0.2) is 4.98 Å². The van der Waals surface area contributed by atoms with Crippen LogP contribution in [0.25, 0.3) is 0 Å². The van der Waals surface area contributed by atoms with Crippen molar-refractivity contribution in [3.05, 3.63) is 55.2 Å². The Kier molecular flexibility index (Phi) is 32.1. The third-order valence-corrected chi connectivity index (χ3v) is 9.74. The molecule has 0 saturated heterocycles. The average molecular weight is 784 g/mol. The van der Waals surface area contributed by atoms with Gasteiger partial charge < -0.3 is 24.1 Å². The molecule has 10 heteroatoms. The van der Waals surface area contributed by atoms with E-state index >= 15 is 0 Å². The number of nitrogens with zero attached hydrogens (tertiary/aromatic N) is 2. The number of amides is 1. The molecule has 1 aromatic heterocycles.